The van der Waals surface area contributed by atoms with Crippen molar-refractivity contribution in [1.82, 2.24) is 14.9 Å². The second-order valence-corrected chi connectivity index (χ2v) is 9.80. The van der Waals surface area contributed by atoms with Crippen molar-refractivity contribution in [1.29, 1.82) is 0 Å². The number of halogens is 3. The molecule has 9 nitrogen and oxygen atoms in total. The van der Waals surface area contributed by atoms with Gasteiger partial charge in [-0.3, -0.25) is 14.3 Å². The first kappa shape index (κ1) is 26.6. The van der Waals surface area contributed by atoms with Gasteiger partial charge in [0, 0.05) is 43.1 Å². The monoisotopic (exact) mass is 520 g/mol. The van der Waals surface area contributed by atoms with E-state index < -0.39 is 11.3 Å². The third kappa shape index (κ3) is 5.63. The number of guanidine groups is 1. The second kappa shape index (κ2) is 10.5. The fourth-order valence-corrected chi connectivity index (χ4v) is 5.56. The fraction of sp³-hybridized carbons (Fsp3) is 0.520. The van der Waals surface area contributed by atoms with Crippen LogP contribution >= 0.6 is 0 Å². The number of ketones is 1. The van der Waals surface area contributed by atoms with E-state index in [4.69, 9.17) is 5.73 Å². The van der Waals surface area contributed by atoms with Gasteiger partial charge < -0.3 is 5.73 Å². The molecular formula is C25H31F3N6O3. The predicted molar refractivity (Wildman–Crippen MR) is 134 cm³/mol. The van der Waals surface area contributed by atoms with Crippen molar-refractivity contribution in [2.75, 3.05) is 20.1 Å². The number of fused-ring (bicyclic) bond motifs is 2. The average molecular weight is 521 g/mol. The summed E-state index contributed by atoms with van der Waals surface area (Å²) in [5.74, 6) is -0.355. The highest BCUT2D eigenvalue weighted by atomic mass is 19.4. The van der Waals surface area contributed by atoms with E-state index in [0.717, 1.165) is 24.0 Å². The van der Waals surface area contributed by atoms with Gasteiger partial charge in [0.05, 0.1) is 5.52 Å². The Morgan fingerprint density at radius 2 is 2.14 bits per heavy atom. The molecule has 3 N–H and O–H groups in total. The Bertz CT molecular complexity index is 1250. The number of nitrogens with zero attached hydrogens (tertiary/aromatic N) is 4. The van der Waals surface area contributed by atoms with Crippen LogP contribution in [-0.4, -0.2) is 52.4 Å². The predicted octanol–water partition coefficient (Wildman–Crippen LogP) is 3.85. The molecule has 0 fully saturated rings. The van der Waals surface area contributed by atoms with Crippen LogP contribution in [0.5, 0.6) is 0 Å². The summed E-state index contributed by atoms with van der Waals surface area (Å²) < 4.78 is 41.3. The molecule has 0 unspecified atom stereocenters. The number of nitrogens with one attached hydrogen (secondary N) is 1. The molecule has 0 radical (unpaired) electrons. The van der Waals surface area contributed by atoms with Crippen molar-refractivity contribution in [3.8, 4) is 0 Å². The van der Waals surface area contributed by atoms with E-state index in [9.17, 15) is 28.1 Å². The standard InChI is InChI=1S/C25H31F3N6O3/c1-3-15(6-5-9-30-24(29)31-34(36)37)10-22(35)16-11-19-18-7-4-8-20-23(18)17(12-21(19)32(2)13-16)14-33(20)25(26,27)28/h4,7-8,11,14-16,21H,3,5-6,9-10,12-13H2,1-2H3,(H3,29,30,31)/t15-,16-,21-/m1/s1. The van der Waals surface area contributed by atoms with Gasteiger partial charge in [0.2, 0.25) is 0 Å². The van der Waals surface area contributed by atoms with E-state index in [1.54, 1.807) is 11.5 Å². The fourth-order valence-electron chi connectivity index (χ4n) is 5.56. The SMILES string of the molecule is CC[C@H](CCCN=C(N)N[N+](=O)[O-])CC(=O)[C@@H]1C=C2c3cccc4c3c(cn4C(F)(F)F)C[C@H]2N(C)C1. The normalized spacial score (nSPS) is 20.9. The Balaban J connectivity index is 1.50. The van der Waals surface area contributed by atoms with Gasteiger partial charge in [0.25, 0.3) is 5.96 Å². The van der Waals surface area contributed by atoms with Crippen LogP contribution in [0.15, 0.2) is 35.5 Å². The lowest BCUT2D eigenvalue weighted by molar-refractivity contribution is -0.525. The molecule has 0 amide bonds. The minimum absolute atomic E-state index is 0.0794. The summed E-state index contributed by atoms with van der Waals surface area (Å²) in [5, 5.41) is 10.2. The van der Waals surface area contributed by atoms with Crippen LogP contribution in [0.2, 0.25) is 0 Å². The molecule has 12 heteroatoms. The van der Waals surface area contributed by atoms with Gasteiger partial charge in [-0.1, -0.05) is 37.0 Å². The maximum atomic E-state index is 13.6. The molecule has 2 aliphatic rings. The molecule has 0 saturated carbocycles. The van der Waals surface area contributed by atoms with Crippen molar-refractivity contribution in [2.24, 2.45) is 22.6 Å². The molecule has 0 saturated heterocycles. The van der Waals surface area contributed by atoms with Crippen LogP contribution in [0.4, 0.5) is 13.2 Å². The van der Waals surface area contributed by atoms with E-state index in [1.807, 2.05) is 26.1 Å². The van der Waals surface area contributed by atoms with E-state index in [1.165, 1.54) is 12.3 Å². The van der Waals surface area contributed by atoms with Crippen LogP contribution in [0, 0.1) is 22.0 Å². The topological polar surface area (TPSA) is 119 Å². The van der Waals surface area contributed by atoms with Gasteiger partial charge >= 0.3 is 6.30 Å². The van der Waals surface area contributed by atoms with Crippen molar-refractivity contribution in [3.05, 3.63) is 51.7 Å². The van der Waals surface area contributed by atoms with Crippen LogP contribution in [0.1, 0.15) is 43.7 Å². The van der Waals surface area contributed by atoms with Crippen LogP contribution in [0.25, 0.3) is 16.5 Å². The molecule has 1 aromatic carbocycles. The van der Waals surface area contributed by atoms with Gasteiger partial charge in [-0.25, -0.2) is 15.1 Å². The number of hydrogen-bond donors (Lipinski definition) is 2. The maximum Gasteiger partial charge on any atom is 0.488 e. The molecule has 3 atom stereocenters. The molecule has 1 aliphatic heterocycles. The molecule has 1 aromatic heterocycles. The van der Waals surface area contributed by atoms with Crippen LogP contribution in [-0.2, 0) is 17.5 Å². The lowest BCUT2D eigenvalue weighted by atomic mass is 9.78. The van der Waals surface area contributed by atoms with E-state index in [0.29, 0.717) is 47.9 Å². The van der Waals surface area contributed by atoms with Crippen molar-refractivity contribution >= 4 is 28.2 Å². The summed E-state index contributed by atoms with van der Waals surface area (Å²) in [4.78, 5) is 29.7. The van der Waals surface area contributed by atoms with Crippen molar-refractivity contribution in [3.63, 3.8) is 0 Å². The third-order valence-electron chi connectivity index (χ3n) is 7.40. The Hall–Kier alpha value is -3.41. The van der Waals surface area contributed by atoms with Crippen molar-refractivity contribution in [2.45, 2.75) is 51.4 Å². The Morgan fingerprint density at radius 3 is 2.81 bits per heavy atom. The smallest absolute Gasteiger partial charge is 0.365 e. The number of nitro groups is 1. The second-order valence-electron chi connectivity index (χ2n) is 9.80. The zero-order chi connectivity index (χ0) is 26.9. The summed E-state index contributed by atoms with van der Waals surface area (Å²) in [6, 6.07) is 4.90. The van der Waals surface area contributed by atoms with Crippen molar-refractivity contribution < 1.29 is 23.0 Å². The number of carbonyl (C=O) groups is 1. The number of rotatable bonds is 9. The zero-order valence-electron chi connectivity index (χ0n) is 20.8. The maximum absolute atomic E-state index is 13.6. The van der Waals surface area contributed by atoms with E-state index >= 15 is 0 Å². The molecule has 0 bridgehead atoms. The highest BCUT2D eigenvalue weighted by Crippen LogP contribution is 2.43. The van der Waals surface area contributed by atoms with Gasteiger partial charge in [0.15, 0.2) is 5.03 Å². The number of aliphatic imine (C=N–C) groups is 1. The van der Waals surface area contributed by atoms with E-state index in [2.05, 4.69) is 9.89 Å². The molecule has 2 heterocycles. The summed E-state index contributed by atoms with van der Waals surface area (Å²) >= 11 is 0. The lowest BCUT2D eigenvalue weighted by Gasteiger charge is -2.39. The van der Waals surface area contributed by atoms with E-state index in [-0.39, 0.29) is 35.1 Å². The number of carbonyl (C=O) groups excluding carboxylic acids is 1. The summed E-state index contributed by atoms with van der Waals surface area (Å²) in [6.07, 6.45) is 1.69. The highest BCUT2D eigenvalue weighted by molar-refractivity contribution is 6.00. The summed E-state index contributed by atoms with van der Waals surface area (Å²) in [7, 11) is 1.92. The molecule has 200 valence electrons. The lowest BCUT2D eigenvalue weighted by Crippen LogP contribution is -2.44. The van der Waals surface area contributed by atoms with Gasteiger partial charge in [-0.15, -0.1) is 13.2 Å². The average Bonchev–Trinajstić information content (AvgIpc) is 3.21. The third-order valence-corrected chi connectivity index (χ3v) is 7.40. The summed E-state index contributed by atoms with van der Waals surface area (Å²) in [6.45, 7) is 2.85. The van der Waals surface area contributed by atoms with Crippen LogP contribution in [0.3, 0.4) is 0 Å². The number of benzene rings is 1. The summed E-state index contributed by atoms with van der Waals surface area (Å²) in [5.41, 5.74) is 9.71. The molecule has 4 rings (SSSR count). The van der Waals surface area contributed by atoms with Gasteiger partial charge in [-0.05, 0) is 55.0 Å². The highest BCUT2D eigenvalue weighted by Gasteiger charge is 2.39. The molecular weight excluding hydrogens is 489 g/mol. The molecule has 37 heavy (non-hydrogen) atoms. The number of alkyl halides is 3. The quantitative estimate of drug-likeness (QED) is 0.170. The first-order valence-corrected chi connectivity index (χ1v) is 12.4. The van der Waals surface area contributed by atoms with Crippen LogP contribution < -0.4 is 11.2 Å². The minimum atomic E-state index is -4.50. The Morgan fingerprint density at radius 1 is 1.38 bits per heavy atom. The minimum Gasteiger partial charge on any atom is -0.365 e. The van der Waals surface area contributed by atoms with Gasteiger partial charge in [-0.2, -0.15) is 0 Å². The number of hydrogen-bond acceptors (Lipinski definition) is 5. The molecule has 2 aromatic rings. The number of Topliss-reactive ketones (excluding diaryl/α,β-unsaturated/α-hetero) is 1. The Kier molecular flexibility index (Phi) is 7.58. The van der Waals surface area contributed by atoms with Gasteiger partial charge in [0.1, 0.15) is 5.78 Å². The number of likely N-dealkylation sites (N-methyl/N-ethyl adjacent to an activating group) is 1. The Labute approximate surface area is 212 Å². The molecule has 0 spiro atoms. The zero-order valence-corrected chi connectivity index (χ0v) is 20.8. The first-order valence-electron chi connectivity index (χ1n) is 12.4. The molecule has 1 aliphatic carbocycles. The number of nitrogens with two attached hydrogens (primary N) is 1. The number of hydrazine groups is 1. The number of aromatic nitrogens is 1. The first-order chi connectivity index (χ1) is 17.5. The largest absolute Gasteiger partial charge is 0.488 e.